The van der Waals surface area contributed by atoms with Gasteiger partial charge in [-0.3, -0.25) is 4.79 Å². The highest BCUT2D eigenvalue weighted by Crippen LogP contribution is 2.11. The molecule has 18 heavy (non-hydrogen) atoms. The Balaban J connectivity index is 2.92. The van der Waals surface area contributed by atoms with Gasteiger partial charge in [-0.1, -0.05) is 20.3 Å². The number of rotatable bonds is 6. The second-order valence-electron chi connectivity index (χ2n) is 4.41. The van der Waals surface area contributed by atoms with Gasteiger partial charge in [-0.2, -0.15) is 0 Å². The van der Waals surface area contributed by atoms with E-state index >= 15 is 0 Å². The predicted octanol–water partition coefficient (Wildman–Crippen LogP) is 1.85. The number of nitrogen functional groups attached to an aromatic ring is 1. The number of hydrogen-bond donors (Lipinski definition) is 3. The number of nitrogens with zero attached hydrogens (tertiary/aromatic N) is 1. The summed E-state index contributed by atoms with van der Waals surface area (Å²) in [5.41, 5.74) is 3.97. The topological polar surface area (TPSA) is 80.0 Å². The summed E-state index contributed by atoms with van der Waals surface area (Å²) >= 11 is 0. The van der Waals surface area contributed by atoms with Crippen LogP contribution in [0.3, 0.4) is 0 Å². The van der Waals surface area contributed by atoms with Gasteiger partial charge in [0.15, 0.2) is 0 Å². The maximum absolute atomic E-state index is 12.0. The highest BCUT2D eigenvalue weighted by Gasteiger charge is 2.11. The van der Waals surface area contributed by atoms with Crippen molar-refractivity contribution < 1.29 is 4.79 Å². The van der Waals surface area contributed by atoms with E-state index in [9.17, 15) is 4.79 Å². The van der Waals surface area contributed by atoms with Crippen molar-refractivity contribution in [1.82, 2.24) is 10.3 Å². The second kappa shape index (κ2) is 6.96. The fraction of sp³-hybridized carbons (Fsp3) is 0.538. The van der Waals surface area contributed by atoms with Crippen LogP contribution in [0.15, 0.2) is 12.1 Å². The molecule has 0 aliphatic heterocycles. The molecule has 0 saturated carbocycles. The quantitative estimate of drug-likeness (QED) is 0.531. The molecule has 0 spiro atoms. The molecule has 1 rings (SSSR count). The normalized spacial score (nSPS) is 12.0. The minimum Gasteiger partial charge on any atom is -0.350 e. The van der Waals surface area contributed by atoms with Gasteiger partial charge in [0.25, 0.3) is 5.91 Å². The first kappa shape index (κ1) is 14.4. The van der Waals surface area contributed by atoms with Crippen LogP contribution in [0.25, 0.3) is 0 Å². The van der Waals surface area contributed by atoms with E-state index in [0.29, 0.717) is 11.4 Å². The molecule has 0 radical (unpaired) electrons. The zero-order chi connectivity index (χ0) is 13.5. The Kier molecular flexibility index (Phi) is 5.58. The minimum absolute atomic E-state index is 0.0828. The molecule has 0 aliphatic carbocycles. The van der Waals surface area contributed by atoms with Gasteiger partial charge in [-0.25, -0.2) is 10.8 Å². The average molecular weight is 250 g/mol. The van der Waals surface area contributed by atoms with E-state index in [-0.39, 0.29) is 11.9 Å². The third-order valence-electron chi connectivity index (χ3n) is 2.78. The average Bonchev–Trinajstić information content (AvgIpc) is 2.38. The first-order valence-corrected chi connectivity index (χ1v) is 6.39. The Morgan fingerprint density at radius 3 is 2.72 bits per heavy atom. The summed E-state index contributed by atoms with van der Waals surface area (Å²) in [7, 11) is 0. The van der Waals surface area contributed by atoms with Gasteiger partial charge in [0.1, 0.15) is 5.82 Å². The Bertz CT molecular complexity index is 406. The van der Waals surface area contributed by atoms with Crippen molar-refractivity contribution >= 4 is 11.7 Å². The van der Waals surface area contributed by atoms with Crippen molar-refractivity contribution in [2.75, 3.05) is 5.43 Å². The van der Waals surface area contributed by atoms with Crippen molar-refractivity contribution in [3.63, 3.8) is 0 Å². The van der Waals surface area contributed by atoms with Crippen LogP contribution in [-0.4, -0.2) is 16.9 Å². The van der Waals surface area contributed by atoms with E-state index < -0.39 is 0 Å². The summed E-state index contributed by atoms with van der Waals surface area (Å²) in [4.78, 5) is 16.3. The minimum atomic E-state index is -0.0828. The van der Waals surface area contributed by atoms with E-state index in [1.165, 1.54) is 0 Å². The molecule has 1 heterocycles. The third-order valence-corrected chi connectivity index (χ3v) is 2.78. The maximum atomic E-state index is 12.0. The molecular weight excluding hydrogens is 228 g/mol. The van der Waals surface area contributed by atoms with E-state index in [4.69, 9.17) is 5.84 Å². The zero-order valence-corrected chi connectivity index (χ0v) is 11.3. The van der Waals surface area contributed by atoms with Gasteiger partial charge in [0.05, 0.1) is 0 Å². The number of nitrogens with two attached hydrogens (primary N) is 1. The number of hydrogen-bond acceptors (Lipinski definition) is 4. The molecule has 100 valence electrons. The Labute approximate surface area is 108 Å². The standard InChI is InChI=1S/C13H22N4O/c1-4-6-11-7-10(8-12(16-11)17-14)13(18)15-9(3)5-2/h7-9H,4-6,14H2,1-3H3,(H,15,18)(H,16,17). The molecule has 0 aromatic carbocycles. The smallest absolute Gasteiger partial charge is 0.251 e. The molecule has 0 bridgehead atoms. The second-order valence-corrected chi connectivity index (χ2v) is 4.41. The zero-order valence-electron chi connectivity index (χ0n) is 11.3. The lowest BCUT2D eigenvalue weighted by Crippen LogP contribution is -2.32. The van der Waals surface area contributed by atoms with Crippen molar-refractivity contribution in [1.29, 1.82) is 0 Å². The summed E-state index contributed by atoms with van der Waals surface area (Å²) in [5.74, 6) is 5.81. The number of hydrazine groups is 1. The Morgan fingerprint density at radius 2 is 2.17 bits per heavy atom. The number of aromatic nitrogens is 1. The number of nitrogens with one attached hydrogen (secondary N) is 2. The highest BCUT2D eigenvalue weighted by molar-refractivity contribution is 5.95. The van der Waals surface area contributed by atoms with Crippen LogP contribution in [0, 0.1) is 0 Å². The first-order valence-electron chi connectivity index (χ1n) is 6.39. The summed E-state index contributed by atoms with van der Waals surface area (Å²) in [6, 6.07) is 3.65. The van der Waals surface area contributed by atoms with Crippen LogP contribution >= 0.6 is 0 Å². The van der Waals surface area contributed by atoms with Crippen LogP contribution in [0.1, 0.15) is 49.7 Å². The van der Waals surface area contributed by atoms with Gasteiger partial charge >= 0.3 is 0 Å². The van der Waals surface area contributed by atoms with E-state index in [1.807, 2.05) is 19.9 Å². The molecule has 1 aromatic heterocycles. The van der Waals surface area contributed by atoms with Crippen LogP contribution in [0.4, 0.5) is 5.82 Å². The lowest BCUT2D eigenvalue weighted by Gasteiger charge is -2.13. The number of anilines is 1. The maximum Gasteiger partial charge on any atom is 0.251 e. The highest BCUT2D eigenvalue weighted by atomic mass is 16.1. The molecular formula is C13H22N4O. The molecule has 4 N–H and O–H groups in total. The first-order chi connectivity index (χ1) is 8.60. The molecule has 5 heteroatoms. The Morgan fingerprint density at radius 1 is 1.44 bits per heavy atom. The summed E-state index contributed by atoms with van der Waals surface area (Å²) in [6.07, 6.45) is 2.72. The molecule has 0 fully saturated rings. The third kappa shape index (κ3) is 4.00. The van der Waals surface area contributed by atoms with E-state index in [1.54, 1.807) is 6.07 Å². The van der Waals surface area contributed by atoms with Gasteiger partial charge in [-0.05, 0) is 31.9 Å². The summed E-state index contributed by atoms with van der Waals surface area (Å²) in [5, 5.41) is 2.93. The summed E-state index contributed by atoms with van der Waals surface area (Å²) in [6.45, 7) is 6.09. The number of aryl methyl sites for hydroxylation is 1. The van der Waals surface area contributed by atoms with Gasteiger partial charge in [0.2, 0.25) is 0 Å². The monoisotopic (exact) mass is 250 g/mol. The lowest BCUT2D eigenvalue weighted by molar-refractivity contribution is 0.0939. The van der Waals surface area contributed by atoms with Crippen molar-refractivity contribution in [2.24, 2.45) is 5.84 Å². The predicted molar refractivity (Wildman–Crippen MR) is 73.3 cm³/mol. The van der Waals surface area contributed by atoms with Crippen LogP contribution in [0.5, 0.6) is 0 Å². The fourth-order valence-electron chi connectivity index (χ4n) is 1.59. The van der Waals surface area contributed by atoms with Crippen LogP contribution < -0.4 is 16.6 Å². The molecule has 1 amide bonds. The number of pyridine rings is 1. The van der Waals surface area contributed by atoms with Gasteiger partial charge in [-0.15, -0.1) is 0 Å². The number of amides is 1. The van der Waals surface area contributed by atoms with Crippen LogP contribution in [0.2, 0.25) is 0 Å². The molecule has 0 saturated heterocycles. The van der Waals surface area contributed by atoms with E-state index in [2.05, 4.69) is 22.7 Å². The van der Waals surface area contributed by atoms with Crippen molar-refractivity contribution in [3.05, 3.63) is 23.4 Å². The van der Waals surface area contributed by atoms with Gasteiger partial charge < -0.3 is 10.7 Å². The fourth-order valence-corrected chi connectivity index (χ4v) is 1.59. The molecule has 1 aromatic rings. The van der Waals surface area contributed by atoms with Crippen molar-refractivity contribution in [3.8, 4) is 0 Å². The lowest BCUT2D eigenvalue weighted by atomic mass is 10.1. The number of carbonyl (C=O) groups is 1. The van der Waals surface area contributed by atoms with E-state index in [0.717, 1.165) is 25.0 Å². The molecule has 1 atom stereocenters. The largest absolute Gasteiger partial charge is 0.350 e. The molecule has 0 aliphatic rings. The summed E-state index contributed by atoms with van der Waals surface area (Å²) < 4.78 is 0. The molecule has 1 unspecified atom stereocenters. The molecule has 5 nitrogen and oxygen atoms in total. The van der Waals surface area contributed by atoms with Crippen molar-refractivity contribution in [2.45, 2.75) is 46.1 Å². The van der Waals surface area contributed by atoms with Crippen LogP contribution in [-0.2, 0) is 6.42 Å². The van der Waals surface area contributed by atoms with Gasteiger partial charge in [0, 0.05) is 17.3 Å². The Hall–Kier alpha value is -1.62. The number of carbonyl (C=O) groups excluding carboxylic acids is 1. The SMILES string of the molecule is CCCc1cc(C(=O)NC(C)CC)cc(NN)n1.